The monoisotopic (exact) mass is 336 g/mol. The highest BCUT2D eigenvalue weighted by Gasteiger charge is 2.20. The molecule has 3 aromatic rings. The van der Waals surface area contributed by atoms with Crippen LogP contribution in [0.5, 0.6) is 0 Å². The minimum atomic E-state index is -4.00. The molecule has 1 aromatic carbocycles. The first-order valence-electron chi connectivity index (χ1n) is 6.66. The van der Waals surface area contributed by atoms with Crippen molar-refractivity contribution < 1.29 is 17.3 Å². The molecule has 0 aliphatic rings. The zero-order valence-electron chi connectivity index (χ0n) is 12.1. The van der Waals surface area contributed by atoms with Crippen LogP contribution in [-0.4, -0.2) is 23.1 Å². The molecular weight excluding hydrogens is 323 g/mol. The molecule has 0 unspecified atom stereocenters. The maximum atomic E-state index is 13.6. The van der Waals surface area contributed by atoms with Gasteiger partial charge < -0.3 is 9.09 Å². The van der Waals surface area contributed by atoms with E-state index in [9.17, 15) is 12.8 Å². The van der Waals surface area contributed by atoms with Crippen LogP contribution >= 0.6 is 0 Å². The Morgan fingerprint density at radius 1 is 1.26 bits per heavy atom. The summed E-state index contributed by atoms with van der Waals surface area (Å²) in [5.74, 6) is -0.395. The van der Waals surface area contributed by atoms with Crippen molar-refractivity contribution >= 4 is 10.0 Å². The van der Waals surface area contributed by atoms with Crippen molar-refractivity contribution in [3.05, 3.63) is 54.3 Å². The molecule has 0 spiro atoms. The molecule has 9 heteroatoms. The van der Waals surface area contributed by atoms with E-state index in [1.165, 1.54) is 18.2 Å². The first-order valence-corrected chi connectivity index (χ1v) is 8.14. The Morgan fingerprint density at radius 3 is 2.74 bits per heavy atom. The van der Waals surface area contributed by atoms with Crippen molar-refractivity contribution in [2.45, 2.75) is 11.4 Å². The van der Waals surface area contributed by atoms with Gasteiger partial charge >= 0.3 is 0 Å². The molecule has 0 fully saturated rings. The van der Waals surface area contributed by atoms with Gasteiger partial charge in [0.15, 0.2) is 0 Å². The van der Waals surface area contributed by atoms with Crippen LogP contribution in [-0.2, 0) is 23.6 Å². The van der Waals surface area contributed by atoms with Crippen LogP contribution in [0.2, 0.25) is 0 Å². The molecule has 23 heavy (non-hydrogen) atoms. The van der Waals surface area contributed by atoms with Crippen LogP contribution in [0, 0.1) is 5.82 Å². The molecule has 0 amide bonds. The molecule has 0 saturated carbocycles. The fraction of sp³-hybridized carbons (Fsp3) is 0.143. The molecule has 0 radical (unpaired) electrons. The number of hydrogen-bond donors (Lipinski definition) is 1. The zero-order valence-corrected chi connectivity index (χ0v) is 12.9. The Labute approximate surface area is 131 Å². The predicted octanol–water partition coefficient (Wildman–Crippen LogP) is 1.69. The average molecular weight is 336 g/mol. The molecule has 120 valence electrons. The molecule has 0 aliphatic heterocycles. The van der Waals surface area contributed by atoms with Gasteiger partial charge in [0, 0.05) is 13.2 Å². The van der Waals surface area contributed by atoms with Gasteiger partial charge in [-0.3, -0.25) is 0 Å². The maximum absolute atomic E-state index is 13.6. The molecule has 2 heterocycles. The van der Waals surface area contributed by atoms with Gasteiger partial charge in [-0.1, -0.05) is 17.3 Å². The van der Waals surface area contributed by atoms with Gasteiger partial charge in [-0.15, -0.1) is 0 Å². The van der Waals surface area contributed by atoms with Gasteiger partial charge in [-0.25, -0.2) is 17.5 Å². The van der Waals surface area contributed by atoms with E-state index in [2.05, 4.69) is 14.9 Å². The van der Waals surface area contributed by atoms with E-state index in [1.54, 1.807) is 10.6 Å². The Bertz CT molecular complexity index is 933. The molecule has 0 saturated heterocycles. The molecule has 1 N–H and O–H groups in total. The minimum Gasteiger partial charge on any atom is -0.348 e. The van der Waals surface area contributed by atoms with Gasteiger partial charge in [0.2, 0.25) is 21.7 Å². The lowest BCUT2D eigenvalue weighted by molar-refractivity contribution is 0.375. The summed E-state index contributed by atoms with van der Waals surface area (Å²) in [6.45, 7) is -0.228. The number of hydrogen-bond acceptors (Lipinski definition) is 5. The summed E-state index contributed by atoms with van der Waals surface area (Å²) in [5.41, 5.74) is 0.733. The van der Waals surface area contributed by atoms with E-state index in [-0.39, 0.29) is 12.4 Å². The highest BCUT2D eigenvalue weighted by Crippen LogP contribution is 2.16. The number of nitrogens with one attached hydrogen (secondary N) is 1. The van der Waals surface area contributed by atoms with Gasteiger partial charge in [0.05, 0.1) is 12.2 Å². The Kier molecular flexibility index (Phi) is 3.97. The van der Waals surface area contributed by atoms with Crippen LogP contribution in [0.25, 0.3) is 11.5 Å². The van der Waals surface area contributed by atoms with Gasteiger partial charge in [0.1, 0.15) is 10.7 Å². The quantitative estimate of drug-likeness (QED) is 0.766. The van der Waals surface area contributed by atoms with Crippen molar-refractivity contribution in [2.24, 2.45) is 7.05 Å². The highest BCUT2D eigenvalue weighted by atomic mass is 32.2. The molecule has 2 aromatic heterocycles. The summed E-state index contributed by atoms with van der Waals surface area (Å²) in [4.78, 5) is 3.68. The van der Waals surface area contributed by atoms with E-state index in [0.717, 1.165) is 11.8 Å². The largest absolute Gasteiger partial charge is 0.348 e. The average Bonchev–Trinajstić information content (AvgIpc) is 3.14. The van der Waals surface area contributed by atoms with E-state index >= 15 is 0 Å². The molecular formula is C14H13FN4O3S. The van der Waals surface area contributed by atoms with Gasteiger partial charge in [0.25, 0.3) is 0 Å². The van der Waals surface area contributed by atoms with Crippen molar-refractivity contribution in [3.63, 3.8) is 0 Å². The molecule has 3 rings (SSSR count). The number of nitrogens with zero attached hydrogens (tertiary/aromatic N) is 3. The topological polar surface area (TPSA) is 90.0 Å². The van der Waals surface area contributed by atoms with Crippen LogP contribution in [0.3, 0.4) is 0 Å². The fourth-order valence-electron chi connectivity index (χ4n) is 2.02. The zero-order chi connectivity index (χ0) is 16.4. The number of rotatable bonds is 5. The second-order valence-electron chi connectivity index (χ2n) is 4.77. The van der Waals surface area contributed by atoms with Crippen molar-refractivity contribution in [1.82, 2.24) is 19.4 Å². The standard InChI is InChI=1S/C14H13FN4O3S/c1-19-8-4-6-11(19)14-17-13(22-18-14)9-16-23(20,21)12-7-3-2-5-10(12)15/h2-8,16H,9H2,1H3. The third-order valence-electron chi connectivity index (χ3n) is 3.18. The normalized spacial score (nSPS) is 11.7. The Hall–Kier alpha value is -2.52. The van der Waals surface area contributed by atoms with Crippen molar-refractivity contribution in [1.29, 1.82) is 0 Å². The van der Waals surface area contributed by atoms with E-state index < -0.39 is 20.7 Å². The number of halogens is 1. The molecule has 0 bridgehead atoms. The Balaban J connectivity index is 1.75. The number of benzene rings is 1. The van der Waals surface area contributed by atoms with Gasteiger partial charge in [-0.2, -0.15) is 4.98 Å². The summed E-state index contributed by atoms with van der Waals surface area (Å²) in [6.07, 6.45) is 1.83. The molecule has 0 aliphatic carbocycles. The van der Waals surface area contributed by atoms with Crippen LogP contribution in [0.4, 0.5) is 4.39 Å². The lowest BCUT2D eigenvalue weighted by Gasteiger charge is -2.05. The Morgan fingerprint density at radius 2 is 2.04 bits per heavy atom. The predicted molar refractivity (Wildman–Crippen MR) is 79.1 cm³/mol. The first-order chi connectivity index (χ1) is 11.0. The summed E-state index contributed by atoms with van der Waals surface area (Å²) in [5, 5.41) is 3.79. The summed E-state index contributed by atoms with van der Waals surface area (Å²) >= 11 is 0. The number of sulfonamides is 1. The SMILES string of the molecule is Cn1cccc1-c1noc(CNS(=O)(=O)c2ccccc2F)n1. The fourth-order valence-corrected chi connectivity index (χ4v) is 3.07. The smallest absolute Gasteiger partial charge is 0.243 e. The highest BCUT2D eigenvalue weighted by molar-refractivity contribution is 7.89. The van der Waals surface area contributed by atoms with Crippen LogP contribution < -0.4 is 4.72 Å². The van der Waals surface area contributed by atoms with E-state index in [1.807, 2.05) is 19.3 Å². The number of aromatic nitrogens is 3. The summed E-state index contributed by atoms with van der Waals surface area (Å²) < 4.78 is 46.8. The van der Waals surface area contributed by atoms with E-state index in [0.29, 0.717) is 5.82 Å². The molecule has 0 atom stereocenters. The third kappa shape index (κ3) is 3.15. The lowest BCUT2D eigenvalue weighted by Crippen LogP contribution is -2.24. The molecule has 7 nitrogen and oxygen atoms in total. The number of aryl methyl sites for hydroxylation is 1. The third-order valence-corrected chi connectivity index (χ3v) is 4.62. The second kappa shape index (κ2) is 5.94. The lowest BCUT2D eigenvalue weighted by atomic mass is 10.4. The maximum Gasteiger partial charge on any atom is 0.243 e. The second-order valence-corrected chi connectivity index (χ2v) is 6.51. The van der Waals surface area contributed by atoms with Gasteiger partial charge in [-0.05, 0) is 24.3 Å². The van der Waals surface area contributed by atoms with E-state index in [4.69, 9.17) is 4.52 Å². The summed E-state index contributed by atoms with van der Waals surface area (Å²) in [6, 6.07) is 8.75. The minimum absolute atomic E-state index is 0.0844. The van der Waals surface area contributed by atoms with Crippen molar-refractivity contribution in [3.8, 4) is 11.5 Å². The van der Waals surface area contributed by atoms with Crippen LogP contribution in [0.15, 0.2) is 52.0 Å². The first kappa shape index (κ1) is 15.4. The van der Waals surface area contributed by atoms with Crippen molar-refractivity contribution in [2.75, 3.05) is 0 Å². The summed E-state index contributed by atoms with van der Waals surface area (Å²) in [7, 11) is -2.17. The van der Waals surface area contributed by atoms with Crippen LogP contribution in [0.1, 0.15) is 5.89 Å².